The Labute approximate surface area is 158 Å². The first kappa shape index (κ1) is 18.4. The first-order valence-corrected chi connectivity index (χ1v) is 8.58. The summed E-state index contributed by atoms with van der Waals surface area (Å²) in [7, 11) is 3.05. The Morgan fingerprint density at radius 2 is 1.56 bits per heavy atom. The van der Waals surface area contributed by atoms with Crippen molar-refractivity contribution in [3.05, 3.63) is 72.1 Å². The summed E-state index contributed by atoms with van der Waals surface area (Å²) in [4.78, 5) is 21.3. The topological polar surface area (TPSA) is 73.3 Å². The van der Waals surface area contributed by atoms with Crippen LogP contribution < -0.4 is 14.8 Å². The Hall–Kier alpha value is -3.41. The van der Waals surface area contributed by atoms with E-state index in [1.54, 1.807) is 30.6 Å². The fourth-order valence-electron chi connectivity index (χ4n) is 2.70. The zero-order valence-electron chi connectivity index (χ0n) is 15.3. The summed E-state index contributed by atoms with van der Waals surface area (Å²) < 4.78 is 10.5. The molecule has 0 aliphatic carbocycles. The Morgan fingerprint density at radius 1 is 0.926 bits per heavy atom. The normalized spacial score (nSPS) is 10.3. The molecule has 0 radical (unpaired) electrons. The summed E-state index contributed by atoms with van der Waals surface area (Å²) in [6.45, 7) is 0.452. The van der Waals surface area contributed by atoms with Crippen molar-refractivity contribution >= 4 is 5.91 Å². The number of carbonyl (C=O) groups is 1. The van der Waals surface area contributed by atoms with Gasteiger partial charge in [-0.15, -0.1) is 0 Å². The smallest absolute Gasteiger partial charge is 0.258 e. The van der Waals surface area contributed by atoms with Crippen LogP contribution in [0, 0.1) is 0 Å². The number of aromatic nitrogens is 2. The predicted octanol–water partition coefficient (Wildman–Crippen LogP) is 3.13. The van der Waals surface area contributed by atoms with Crippen molar-refractivity contribution < 1.29 is 14.3 Å². The van der Waals surface area contributed by atoms with Crippen LogP contribution in [0.25, 0.3) is 11.4 Å². The van der Waals surface area contributed by atoms with Gasteiger partial charge < -0.3 is 14.8 Å². The average Bonchev–Trinajstić information content (AvgIpc) is 2.74. The van der Waals surface area contributed by atoms with Gasteiger partial charge in [0, 0.05) is 24.5 Å². The number of hydrogen-bond donors (Lipinski definition) is 1. The molecule has 0 fully saturated rings. The number of benzene rings is 2. The van der Waals surface area contributed by atoms with Crippen LogP contribution in [0.1, 0.15) is 15.9 Å². The van der Waals surface area contributed by atoms with Gasteiger partial charge in [0.05, 0.1) is 14.2 Å². The Bertz CT molecular complexity index is 874. The van der Waals surface area contributed by atoms with Crippen molar-refractivity contribution in [3.63, 3.8) is 0 Å². The van der Waals surface area contributed by atoms with E-state index in [0.717, 1.165) is 11.1 Å². The molecule has 0 bridgehead atoms. The van der Waals surface area contributed by atoms with Gasteiger partial charge in [0.1, 0.15) is 17.1 Å². The maximum atomic E-state index is 12.5. The lowest BCUT2D eigenvalue weighted by Crippen LogP contribution is -2.26. The van der Waals surface area contributed by atoms with Gasteiger partial charge in [0.2, 0.25) is 0 Å². The van der Waals surface area contributed by atoms with Gasteiger partial charge in [0.25, 0.3) is 5.91 Å². The second kappa shape index (κ2) is 8.80. The van der Waals surface area contributed by atoms with Crippen molar-refractivity contribution in [1.29, 1.82) is 0 Å². The minimum Gasteiger partial charge on any atom is -0.496 e. The molecule has 0 atom stereocenters. The number of ether oxygens (including phenoxy) is 2. The summed E-state index contributed by atoms with van der Waals surface area (Å²) in [5.74, 6) is 1.39. The molecule has 0 unspecified atom stereocenters. The number of methoxy groups -OCH3 is 2. The maximum Gasteiger partial charge on any atom is 0.258 e. The standard InChI is InChI=1S/C21H21N3O3/c1-26-17-9-6-10-18(27-2)19(17)21(25)22-12-11-15-13-23-20(24-14-15)16-7-4-3-5-8-16/h3-10,13-14H,11-12H2,1-2H3,(H,22,25). The minimum absolute atomic E-state index is 0.244. The Balaban J connectivity index is 1.61. The van der Waals surface area contributed by atoms with E-state index in [2.05, 4.69) is 15.3 Å². The van der Waals surface area contributed by atoms with E-state index in [1.807, 2.05) is 30.3 Å². The first-order chi connectivity index (χ1) is 13.2. The minimum atomic E-state index is -0.244. The molecule has 6 nitrogen and oxygen atoms in total. The van der Waals surface area contributed by atoms with Gasteiger partial charge >= 0.3 is 0 Å². The van der Waals surface area contributed by atoms with Gasteiger partial charge in [-0.3, -0.25) is 4.79 Å². The van der Waals surface area contributed by atoms with Crippen molar-refractivity contribution in [2.75, 3.05) is 20.8 Å². The largest absolute Gasteiger partial charge is 0.496 e. The van der Waals surface area contributed by atoms with Crippen LogP contribution in [-0.2, 0) is 6.42 Å². The lowest BCUT2D eigenvalue weighted by molar-refractivity contribution is 0.0948. The monoisotopic (exact) mass is 363 g/mol. The molecule has 27 heavy (non-hydrogen) atoms. The number of rotatable bonds is 7. The fourth-order valence-corrected chi connectivity index (χ4v) is 2.70. The lowest BCUT2D eigenvalue weighted by Gasteiger charge is -2.13. The quantitative estimate of drug-likeness (QED) is 0.698. The van der Waals surface area contributed by atoms with Gasteiger partial charge in [-0.1, -0.05) is 36.4 Å². The second-order valence-electron chi connectivity index (χ2n) is 5.82. The van der Waals surface area contributed by atoms with E-state index in [0.29, 0.717) is 35.9 Å². The summed E-state index contributed by atoms with van der Waals surface area (Å²) in [6, 6.07) is 15.0. The van der Waals surface area contributed by atoms with Crippen LogP contribution >= 0.6 is 0 Å². The number of hydrogen-bond acceptors (Lipinski definition) is 5. The van der Waals surface area contributed by atoms with E-state index in [4.69, 9.17) is 9.47 Å². The molecule has 1 N–H and O–H groups in total. The zero-order valence-corrected chi connectivity index (χ0v) is 15.3. The molecule has 0 spiro atoms. The van der Waals surface area contributed by atoms with E-state index >= 15 is 0 Å². The molecular formula is C21H21N3O3. The number of amides is 1. The predicted molar refractivity (Wildman–Crippen MR) is 103 cm³/mol. The molecule has 1 amide bonds. The molecule has 0 aliphatic heterocycles. The average molecular weight is 363 g/mol. The van der Waals surface area contributed by atoms with Gasteiger partial charge in [-0.25, -0.2) is 9.97 Å². The number of carbonyl (C=O) groups excluding carboxylic acids is 1. The molecule has 0 aliphatic rings. The van der Waals surface area contributed by atoms with Crippen LogP contribution in [-0.4, -0.2) is 36.6 Å². The molecule has 1 aromatic heterocycles. The fraction of sp³-hybridized carbons (Fsp3) is 0.190. The third-order valence-electron chi connectivity index (χ3n) is 4.09. The van der Waals surface area contributed by atoms with Crippen LogP contribution in [0.4, 0.5) is 0 Å². The molecule has 2 aromatic carbocycles. The van der Waals surface area contributed by atoms with Crippen LogP contribution in [0.15, 0.2) is 60.9 Å². The summed E-state index contributed by atoms with van der Waals surface area (Å²) in [5.41, 5.74) is 2.31. The summed E-state index contributed by atoms with van der Waals surface area (Å²) in [6.07, 6.45) is 4.19. The Kier molecular flexibility index (Phi) is 5.99. The Morgan fingerprint density at radius 3 is 2.15 bits per heavy atom. The summed E-state index contributed by atoms with van der Waals surface area (Å²) >= 11 is 0. The highest BCUT2D eigenvalue weighted by atomic mass is 16.5. The lowest BCUT2D eigenvalue weighted by atomic mass is 10.1. The molecule has 0 saturated carbocycles. The molecule has 3 aromatic rings. The van der Waals surface area contributed by atoms with Gasteiger partial charge in [-0.05, 0) is 24.1 Å². The third-order valence-corrected chi connectivity index (χ3v) is 4.09. The van der Waals surface area contributed by atoms with Crippen LogP contribution in [0.2, 0.25) is 0 Å². The van der Waals surface area contributed by atoms with Gasteiger partial charge in [0.15, 0.2) is 5.82 Å². The molecule has 0 saturated heterocycles. The van der Waals surface area contributed by atoms with Crippen molar-refractivity contribution in [1.82, 2.24) is 15.3 Å². The maximum absolute atomic E-state index is 12.5. The molecule has 138 valence electrons. The highest BCUT2D eigenvalue weighted by Crippen LogP contribution is 2.27. The molecular weight excluding hydrogens is 342 g/mol. The van der Waals surface area contributed by atoms with Crippen molar-refractivity contribution in [3.8, 4) is 22.9 Å². The summed E-state index contributed by atoms with van der Waals surface area (Å²) in [5, 5.41) is 2.89. The van der Waals surface area contributed by atoms with Crippen molar-refractivity contribution in [2.45, 2.75) is 6.42 Å². The van der Waals surface area contributed by atoms with Crippen molar-refractivity contribution in [2.24, 2.45) is 0 Å². The van der Waals surface area contributed by atoms with Gasteiger partial charge in [-0.2, -0.15) is 0 Å². The zero-order chi connectivity index (χ0) is 19.1. The molecule has 6 heteroatoms. The third kappa shape index (κ3) is 4.41. The van der Waals surface area contributed by atoms with Crippen LogP contribution in [0.3, 0.4) is 0 Å². The highest BCUT2D eigenvalue weighted by molar-refractivity contribution is 5.99. The second-order valence-corrected chi connectivity index (χ2v) is 5.82. The van der Waals surface area contributed by atoms with E-state index in [9.17, 15) is 4.79 Å². The van der Waals surface area contributed by atoms with E-state index in [1.165, 1.54) is 14.2 Å². The van der Waals surface area contributed by atoms with E-state index < -0.39 is 0 Å². The SMILES string of the molecule is COc1cccc(OC)c1C(=O)NCCc1cnc(-c2ccccc2)nc1. The first-order valence-electron chi connectivity index (χ1n) is 8.58. The number of nitrogens with zero attached hydrogens (tertiary/aromatic N) is 2. The molecule has 3 rings (SSSR count). The van der Waals surface area contributed by atoms with Crippen LogP contribution in [0.5, 0.6) is 11.5 Å². The molecule has 1 heterocycles. The highest BCUT2D eigenvalue weighted by Gasteiger charge is 2.17. The number of nitrogens with one attached hydrogen (secondary N) is 1. The van der Waals surface area contributed by atoms with E-state index in [-0.39, 0.29) is 5.91 Å².